The Hall–Kier alpha value is -1.20. The first-order chi connectivity index (χ1) is 7.24. The molecule has 4 nitrogen and oxygen atoms in total. The summed E-state index contributed by atoms with van der Waals surface area (Å²) >= 11 is 1.20. The standard InChI is InChI=1S/C10H11NO3S/c1-14-8-5-3-2-4-7(8)11-6-15-10(13)9(11)12/h2-5,10,13H,6H2,1H3. The van der Waals surface area contributed by atoms with Crippen LogP contribution in [0.3, 0.4) is 0 Å². The van der Waals surface area contributed by atoms with E-state index < -0.39 is 5.44 Å². The van der Waals surface area contributed by atoms with Crippen LogP contribution in [0, 0.1) is 0 Å². The highest BCUT2D eigenvalue weighted by Crippen LogP contribution is 2.34. The molecule has 0 aliphatic carbocycles. The van der Waals surface area contributed by atoms with Crippen LogP contribution in [-0.4, -0.2) is 29.4 Å². The second kappa shape index (κ2) is 4.12. The fourth-order valence-electron chi connectivity index (χ4n) is 1.45. The minimum atomic E-state index is -0.949. The van der Waals surface area contributed by atoms with Gasteiger partial charge in [0, 0.05) is 0 Å². The number of hydrogen-bond acceptors (Lipinski definition) is 4. The molecule has 15 heavy (non-hydrogen) atoms. The molecule has 1 N–H and O–H groups in total. The number of rotatable bonds is 2. The predicted octanol–water partition coefficient (Wildman–Crippen LogP) is 1.05. The Morgan fingerprint density at radius 1 is 1.53 bits per heavy atom. The molecule has 0 radical (unpaired) electrons. The zero-order valence-electron chi connectivity index (χ0n) is 8.21. The number of amides is 1. The Morgan fingerprint density at radius 2 is 2.27 bits per heavy atom. The molecule has 1 aliphatic heterocycles. The first-order valence-electron chi connectivity index (χ1n) is 4.48. The monoisotopic (exact) mass is 225 g/mol. The van der Waals surface area contributed by atoms with Crippen molar-refractivity contribution in [3.63, 3.8) is 0 Å². The van der Waals surface area contributed by atoms with Gasteiger partial charge < -0.3 is 9.84 Å². The van der Waals surface area contributed by atoms with Gasteiger partial charge in [0.05, 0.1) is 18.7 Å². The predicted molar refractivity (Wildman–Crippen MR) is 58.9 cm³/mol. The Morgan fingerprint density at radius 3 is 2.87 bits per heavy atom. The van der Waals surface area contributed by atoms with Gasteiger partial charge in [-0.05, 0) is 12.1 Å². The average molecular weight is 225 g/mol. The summed E-state index contributed by atoms with van der Waals surface area (Å²) in [6, 6.07) is 7.26. The summed E-state index contributed by atoms with van der Waals surface area (Å²) in [6.07, 6.45) is 0. The van der Waals surface area contributed by atoms with E-state index in [-0.39, 0.29) is 5.91 Å². The van der Waals surface area contributed by atoms with E-state index in [4.69, 9.17) is 4.74 Å². The maximum Gasteiger partial charge on any atom is 0.267 e. The minimum Gasteiger partial charge on any atom is -0.495 e. The van der Waals surface area contributed by atoms with Crippen molar-refractivity contribution in [3.05, 3.63) is 24.3 Å². The van der Waals surface area contributed by atoms with Crippen LogP contribution < -0.4 is 9.64 Å². The second-order valence-corrected chi connectivity index (χ2v) is 4.12. The quantitative estimate of drug-likeness (QED) is 0.817. The number of methoxy groups -OCH3 is 1. The van der Waals surface area contributed by atoms with Crippen LogP contribution in [0.5, 0.6) is 5.75 Å². The highest BCUT2D eigenvalue weighted by atomic mass is 32.2. The number of benzene rings is 1. The first kappa shape index (κ1) is 10.3. The van der Waals surface area contributed by atoms with E-state index in [1.165, 1.54) is 16.7 Å². The van der Waals surface area contributed by atoms with E-state index >= 15 is 0 Å². The fraction of sp³-hybridized carbons (Fsp3) is 0.300. The van der Waals surface area contributed by atoms with E-state index in [0.717, 1.165) is 0 Å². The Kier molecular flexibility index (Phi) is 2.83. The molecule has 1 saturated heterocycles. The van der Waals surface area contributed by atoms with E-state index in [9.17, 15) is 9.90 Å². The summed E-state index contributed by atoms with van der Waals surface area (Å²) in [4.78, 5) is 13.1. The van der Waals surface area contributed by atoms with Crippen molar-refractivity contribution >= 4 is 23.4 Å². The molecule has 1 aromatic carbocycles. The van der Waals surface area contributed by atoms with Crippen LogP contribution in [0.2, 0.25) is 0 Å². The van der Waals surface area contributed by atoms with Gasteiger partial charge >= 0.3 is 0 Å². The van der Waals surface area contributed by atoms with Crippen molar-refractivity contribution in [1.29, 1.82) is 0 Å². The van der Waals surface area contributed by atoms with Gasteiger partial charge in [-0.15, -0.1) is 0 Å². The summed E-state index contributed by atoms with van der Waals surface area (Å²) in [5.41, 5.74) is -0.246. The minimum absolute atomic E-state index is 0.287. The number of ether oxygens (including phenoxy) is 1. The first-order valence-corrected chi connectivity index (χ1v) is 5.53. The molecule has 5 heteroatoms. The van der Waals surface area contributed by atoms with Crippen molar-refractivity contribution in [2.45, 2.75) is 5.44 Å². The number of carbonyl (C=O) groups is 1. The fourth-order valence-corrected chi connectivity index (χ4v) is 2.28. The molecule has 1 heterocycles. The molecular formula is C10H11NO3S. The number of anilines is 1. The smallest absolute Gasteiger partial charge is 0.267 e. The summed E-state index contributed by atoms with van der Waals surface area (Å²) in [5.74, 6) is 0.811. The lowest BCUT2D eigenvalue weighted by atomic mass is 10.2. The van der Waals surface area contributed by atoms with Crippen LogP contribution in [0.25, 0.3) is 0 Å². The SMILES string of the molecule is COc1ccccc1N1CSC(O)C1=O. The molecule has 0 spiro atoms. The Bertz CT molecular complexity index is 383. The van der Waals surface area contributed by atoms with Crippen LogP contribution >= 0.6 is 11.8 Å². The van der Waals surface area contributed by atoms with E-state index in [1.54, 1.807) is 19.2 Å². The van der Waals surface area contributed by atoms with Crippen molar-refractivity contribution in [2.75, 3.05) is 17.9 Å². The van der Waals surface area contributed by atoms with Gasteiger partial charge in [0.15, 0.2) is 5.44 Å². The van der Waals surface area contributed by atoms with Gasteiger partial charge in [-0.3, -0.25) is 9.69 Å². The highest BCUT2D eigenvalue weighted by Gasteiger charge is 2.32. The van der Waals surface area contributed by atoms with E-state index in [1.807, 2.05) is 12.1 Å². The lowest BCUT2D eigenvalue weighted by Gasteiger charge is -2.17. The summed E-state index contributed by atoms with van der Waals surface area (Å²) in [6.45, 7) is 0. The maximum atomic E-state index is 11.6. The second-order valence-electron chi connectivity index (χ2n) is 3.09. The van der Waals surface area contributed by atoms with Crippen LogP contribution in [-0.2, 0) is 4.79 Å². The van der Waals surface area contributed by atoms with Crippen LogP contribution in [0.15, 0.2) is 24.3 Å². The number of para-hydroxylation sites is 2. The molecule has 0 aromatic heterocycles. The zero-order valence-corrected chi connectivity index (χ0v) is 9.03. The molecule has 1 amide bonds. The lowest BCUT2D eigenvalue weighted by molar-refractivity contribution is -0.121. The molecule has 1 fully saturated rings. The third-order valence-electron chi connectivity index (χ3n) is 2.21. The Balaban J connectivity index is 2.33. The molecule has 1 atom stereocenters. The number of carbonyl (C=O) groups excluding carboxylic acids is 1. The zero-order chi connectivity index (χ0) is 10.8. The van der Waals surface area contributed by atoms with Crippen molar-refractivity contribution < 1.29 is 14.6 Å². The molecular weight excluding hydrogens is 214 g/mol. The van der Waals surface area contributed by atoms with Crippen molar-refractivity contribution in [2.24, 2.45) is 0 Å². The largest absolute Gasteiger partial charge is 0.495 e. The summed E-state index contributed by atoms with van der Waals surface area (Å²) in [7, 11) is 1.56. The summed E-state index contributed by atoms with van der Waals surface area (Å²) < 4.78 is 5.16. The average Bonchev–Trinajstić information content (AvgIpc) is 2.60. The van der Waals surface area contributed by atoms with Gasteiger partial charge in [0.1, 0.15) is 5.75 Å². The van der Waals surface area contributed by atoms with Crippen molar-refractivity contribution in [3.8, 4) is 5.75 Å². The van der Waals surface area contributed by atoms with Gasteiger partial charge in [-0.2, -0.15) is 0 Å². The Labute approximate surface area is 91.8 Å². The third kappa shape index (κ3) is 1.80. The van der Waals surface area contributed by atoms with Crippen LogP contribution in [0.4, 0.5) is 5.69 Å². The topological polar surface area (TPSA) is 49.8 Å². The van der Waals surface area contributed by atoms with Gasteiger partial charge in [0.2, 0.25) is 0 Å². The van der Waals surface area contributed by atoms with Gasteiger partial charge in [-0.25, -0.2) is 0 Å². The normalized spacial score (nSPS) is 20.8. The molecule has 1 aromatic rings. The summed E-state index contributed by atoms with van der Waals surface area (Å²) in [5, 5.41) is 9.32. The highest BCUT2D eigenvalue weighted by molar-refractivity contribution is 8.01. The van der Waals surface area contributed by atoms with Gasteiger partial charge in [-0.1, -0.05) is 23.9 Å². The number of nitrogens with zero attached hydrogens (tertiary/aromatic N) is 1. The lowest BCUT2D eigenvalue weighted by Crippen LogP contribution is -2.29. The molecule has 2 rings (SSSR count). The third-order valence-corrected chi connectivity index (χ3v) is 3.14. The number of aliphatic hydroxyl groups is 1. The van der Waals surface area contributed by atoms with E-state index in [0.29, 0.717) is 17.3 Å². The number of thioether (sulfide) groups is 1. The maximum absolute atomic E-state index is 11.6. The molecule has 0 saturated carbocycles. The molecule has 1 aliphatic rings. The van der Waals surface area contributed by atoms with Crippen LogP contribution in [0.1, 0.15) is 0 Å². The molecule has 0 bridgehead atoms. The van der Waals surface area contributed by atoms with Gasteiger partial charge in [0.25, 0.3) is 5.91 Å². The molecule has 1 unspecified atom stereocenters. The number of aliphatic hydroxyl groups excluding tert-OH is 1. The van der Waals surface area contributed by atoms with Crippen molar-refractivity contribution in [1.82, 2.24) is 0 Å². The number of hydrogen-bond donors (Lipinski definition) is 1. The van der Waals surface area contributed by atoms with E-state index in [2.05, 4.69) is 0 Å². The molecule has 80 valence electrons.